The van der Waals surface area contributed by atoms with Crippen LogP contribution in [0.2, 0.25) is 0 Å². The van der Waals surface area contributed by atoms with Crippen molar-refractivity contribution in [1.29, 1.82) is 0 Å². The van der Waals surface area contributed by atoms with Crippen LogP contribution in [0, 0.1) is 5.92 Å². The van der Waals surface area contributed by atoms with Crippen molar-refractivity contribution in [2.75, 3.05) is 7.11 Å². The molecule has 0 aromatic heterocycles. The molecule has 0 unspecified atom stereocenters. The van der Waals surface area contributed by atoms with Gasteiger partial charge in [-0.2, -0.15) is 0 Å². The quantitative estimate of drug-likeness (QED) is 0.341. The molecule has 0 radical (unpaired) electrons. The maximum absolute atomic E-state index is 14.1. The van der Waals surface area contributed by atoms with E-state index < -0.39 is 12.0 Å². The van der Waals surface area contributed by atoms with Crippen LogP contribution in [-0.2, 0) is 9.53 Å². The summed E-state index contributed by atoms with van der Waals surface area (Å²) >= 11 is 0. The first-order valence-corrected chi connectivity index (χ1v) is 11.1. The van der Waals surface area contributed by atoms with Crippen LogP contribution in [-0.4, -0.2) is 24.9 Å². The predicted octanol–water partition coefficient (Wildman–Crippen LogP) is 5.31. The SMILES string of the molecule is COC(=O)[C@H]1N[C@@H](c2ccccc2)[C@H](C(=O)c2ccc3ccccc3c2)[C@H]1c1ccccc1. The van der Waals surface area contributed by atoms with Crippen molar-refractivity contribution in [2.45, 2.75) is 18.0 Å². The number of hydrogen-bond acceptors (Lipinski definition) is 4. The Labute approximate surface area is 193 Å². The van der Waals surface area contributed by atoms with Gasteiger partial charge in [0, 0.05) is 17.5 Å². The van der Waals surface area contributed by atoms with Crippen molar-refractivity contribution in [3.8, 4) is 0 Å². The molecule has 1 saturated heterocycles. The first-order chi connectivity index (χ1) is 16.2. The summed E-state index contributed by atoms with van der Waals surface area (Å²) in [6.07, 6.45) is 0. The molecule has 164 valence electrons. The van der Waals surface area contributed by atoms with Crippen molar-refractivity contribution in [3.63, 3.8) is 0 Å². The fourth-order valence-corrected chi connectivity index (χ4v) is 5.05. The Kier molecular flexibility index (Phi) is 5.76. The number of methoxy groups -OCH3 is 1. The zero-order valence-corrected chi connectivity index (χ0v) is 18.3. The minimum Gasteiger partial charge on any atom is -0.468 e. The molecule has 1 heterocycles. The zero-order valence-electron chi connectivity index (χ0n) is 18.3. The zero-order chi connectivity index (χ0) is 22.8. The summed E-state index contributed by atoms with van der Waals surface area (Å²) in [4.78, 5) is 27.0. The van der Waals surface area contributed by atoms with Crippen LogP contribution in [0.25, 0.3) is 10.8 Å². The molecule has 0 aliphatic carbocycles. The summed E-state index contributed by atoms with van der Waals surface area (Å²) in [7, 11) is 1.39. The van der Waals surface area contributed by atoms with Gasteiger partial charge < -0.3 is 4.74 Å². The van der Waals surface area contributed by atoms with E-state index in [9.17, 15) is 9.59 Å². The number of fused-ring (bicyclic) bond motifs is 1. The molecule has 0 spiro atoms. The first kappa shape index (κ1) is 21.1. The lowest BCUT2D eigenvalue weighted by atomic mass is 9.76. The highest BCUT2D eigenvalue weighted by atomic mass is 16.5. The van der Waals surface area contributed by atoms with Crippen LogP contribution < -0.4 is 5.32 Å². The van der Waals surface area contributed by atoms with Crippen LogP contribution in [0.4, 0.5) is 0 Å². The van der Waals surface area contributed by atoms with E-state index in [-0.39, 0.29) is 23.7 Å². The summed E-state index contributed by atoms with van der Waals surface area (Å²) in [5, 5.41) is 5.56. The predicted molar refractivity (Wildman–Crippen MR) is 129 cm³/mol. The van der Waals surface area contributed by atoms with E-state index >= 15 is 0 Å². The van der Waals surface area contributed by atoms with Crippen molar-refractivity contribution >= 4 is 22.5 Å². The van der Waals surface area contributed by atoms with E-state index in [0.717, 1.165) is 21.9 Å². The lowest BCUT2D eigenvalue weighted by molar-refractivity contribution is -0.143. The van der Waals surface area contributed by atoms with E-state index in [1.54, 1.807) is 0 Å². The van der Waals surface area contributed by atoms with E-state index in [1.165, 1.54) is 7.11 Å². The molecule has 0 bridgehead atoms. The molecule has 4 nitrogen and oxygen atoms in total. The molecule has 1 aliphatic heterocycles. The Bertz CT molecular complexity index is 1290. The van der Waals surface area contributed by atoms with E-state index in [4.69, 9.17) is 4.74 Å². The van der Waals surface area contributed by atoms with Gasteiger partial charge in [0.25, 0.3) is 0 Å². The maximum atomic E-state index is 14.1. The second-order valence-electron chi connectivity index (χ2n) is 8.44. The molecule has 4 heteroatoms. The first-order valence-electron chi connectivity index (χ1n) is 11.1. The topological polar surface area (TPSA) is 55.4 Å². The summed E-state index contributed by atoms with van der Waals surface area (Å²) < 4.78 is 5.15. The van der Waals surface area contributed by atoms with Crippen molar-refractivity contribution in [2.24, 2.45) is 5.92 Å². The van der Waals surface area contributed by atoms with E-state index in [2.05, 4.69) is 5.32 Å². The number of ether oxygens (including phenoxy) is 1. The normalized spacial score (nSPS) is 22.2. The van der Waals surface area contributed by atoms with Crippen molar-refractivity contribution in [1.82, 2.24) is 5.32 Å². The van der Waals surface area contributed by atoms with Gasteiger partial charge >= 0.3 is 5.97 Å². The number of ketones is 1. The number of nitrogens with one attached hydrogen (secondary N) is 1. The Morgan fingerprint density at radius 2 is 1.33 bits per heavy atom. The Hall–Kier alpha value is -3.76. The summed E-state index contributed by atoms with van der Waals surface area (Å²) in [5.41, 5.74) is 2.56. The summed E-state index contributed by atoms with van der Waals surface area (Å²) in [6.45, 7) is 0. The third-order valence-corrected chi connectivity index (χ3v) is 6.60. The monoisotopic (exact) mass is 435 g/mol. The lowest BCUT2D eigenvalue weighted by Crippen LogP contribution is -2.36. The molecule has 33 heavy (non-hydrogen) atoms. The Morgan fingerprint density at radius 1 is 0.727 bits per heavy atom. The molecule has 1 fully saturated rings. The third-order valence-electron chi connectivity index (χ3n) is 6.60. The van der Waals surface area contributed by atoms with Gasteiger partial charge in [0.15, 0.2) is 5.78 Å². The number of Topliss-reactive ketones (excluding diaryl/α,β-unsaturated/α-hetero) is 1. The second kappa shape index (κ2) is 9.00. The van der Waals surface area contributed by atoms with Gasteiger partial charge in [0.2, 0.25) is 0 Å². The minimum atomic E-state index is -0.628. The second-order valence-corrected chi connectivity index (χ2v) is 8.44. The maximum Gasteiger partial charge on any atom is 0.323 e. The number of rotatable bonds is 5. The average molecular weight is 436 g/mol. The third kappa shape index (κ3) is 3.94. The fraction of sp³-hybridized carbons (Fsp3) is 0.172. The van der Waals surface area contributed by atoms with E-state index in [1.807, 2.05) is 103 Å². The molecule has 4 aromatic rings. The van der Waals surface area contributed by atoms with Gasteiger partial charge in [-0.05, 0) is 28.0 Å². The number of carbonyl (C=O) groups is 2. The van der Waals surface area contributed by atoms with Gasteiger partial charge in [-0.1, -0.05) is 97.1 Å². The standard InChI is InChI=1S/C29H25NO3/c1-33-29(32)27-24(20-11-4-2-5-12-20)25(26(30-27)21-13-6-3-7-14-21)28(31)23-17-16-19-10-8-9-15-22(19)18-23/h2-18,24-27,30H,1H3/t24-,25-,26+,27+/m1/s1. The Morgan fingerprint density at radius 3 is 2.00 bits per heavy atom. The highest BCUT2D eigenvalue weighted by molar-refractivity contribution is 6.03. The van der Waals surface area contributed by atoms with Gasteiger partial charge in [-0.25, -0.2) is 0 Å². The van der Waals surface area contributed by atoms with Crippen LogP contribution in [0.1, 0.15) is 33.4 Å². The Balaban J connectivity index is 1.65. The number of esters is 1. The summed E-state index contributed by atoms with van der Waals surface area (Å²) in [5.74, 6) is -1.18. The van der Waals surface area contributed by atoms with Gasteiger partial charge in [0.1, 0.15) is 6.04 Å². The van der Waals surface area contributed by atoms with Crippen LogP contribution in [0.15, 0.2) is 103 Å². The van der Waals surface area contributed by atoms with Gasteiger partial charge in [-0.3, -0.25) is 14.9 Å². The molecule has 1 N–H and O–H groups in total. The largest absolute Gasteiger partial charge is 0.468 e. The molecule has 4 aromatic carbocycles. The highest BCUT2D eigenvalue weighted by Crippen LogP contribution is 2.45. The number of carbonyl (C=O) groups excluding carboxylic acids is 2. The molecule has 4 atom stereocenters. The van der Waals surface area contributed by atoms with Crippen LogP contribution >= 0.6 is 0 Å². The smallest absolute Gasteiger partial charge is 0.323 e. The molecule has 5 rings (SSSR count). The highest BCUT2D eigenvalue weighted by Gasteiger charge is 2.51. The lowest BCUT2D eigenvalue weighted by Gasteiger charge is -2.25. The summed E-state index contributed by atoms with van der Waals surface area (Å²) in [6, 6.07) is 32.5. The van der Waals surface area contributed by atoms with Crippen molar-refractivity contribution < 1.29 is 14.3 Å². The molecular formula is C29H25NO3. The van der Waals surface area contributed by atoms with E-state index in [0.29, 0.717) is 5.56 Å². The number of hydrogen-bond donors (Lipinski definition) is 1. The molecule has 0 saturated carbocycles. The average Bonchev–Trinajstić information content (AvgIpc) is 3.29. The molecule has 1 aliphatic rings. The van der Waals surface area contributed by atoms with Gasteiger partial charge in [-0.15, -0.1) is 0 Å². The molecule has 0 amide bonds. The van der Waals surface area contributed by atoms with Crippen molar-refractivity contribution in [3.05, 3.63) is 120 Å². The van der Waals surface area contributed by atoms with Crippen LogP contribution in [0.3, 0.4) is 0 Å². The fourth-order valence-electron chi connectivity index (χ4n) is 5.05. The number of benzene rings is 4. The van der Waals surface area contributed by atoms with Gasteiger partial charge in [0.05, 0.1) is 13.0 Å². The minimum absolute atomic E-state index is 0.0161. The van der Waals surface area contributed by atoms with Crippen LogP contribution in [0.5, 0.6) is 0 Å². The molecular weight excluding hydrogens is 410 g/mol.